The van der Waals surface area contributed by atoms with Crippen LogP contribution in [0.5, 0.6) is 0 Å². The SMILES string of the molecule is CC12c3ccccc3[Si+]1c1c(C(O)c3coc(-c4ccc(F)cc4)n3)cccc12. The molecule has 0 bridgehead atoms. The van der Waals surface area contributed by atoms with Gasteiger partial charge >= 0.3 is 8.80 Å². The van der Waals surface area contributed by atoms with E-state index in [1.807, 2.05) is 12.1 Å². The van der Waals surface area contributed by atoms with Crippen molar-refractivity contribution in [2.45, 2.75) is 18.1 Å². The standard InChI is InChI=1S/C24H17FNO2Si/c1-24-17-6-2-3-8-20(17)29(24)22-16(5-4-7-18(22)24)21(27)19-13-28-23(26-19)14-9-11-15(25)12-10-14/h2-13,21,27H,1H3/q+1. The van der Waals surface area contributed by atoms with Crippen molar-refractivity contribution < 1.29 is 13.9 Å². The molecule has 5 heteroatoms. The van der Waals surface area contributed by atoms with Gasteiger partial charge in [0.25, 0.3) is 0 Å². The average molecular weight is 398 g/mol. The van der Waals surface area contributed by atoms with E-state index in [0.29, 0.717) is 17.1 Å². The zero-order chi connectivity index (χ0) is 19.8. The van der Waals surface area contributed by atoms with Crippen LogP contribution in [0.3, 0.4) is 0 Å². The number of hydrogen-bond acceptors (Lipinski definition) is 3. The minimum atomic E-state index is -0.893. The lowest BCUT2D eigenvalue weighted by atomic mass is 9.86. The van der Waals surface area contributed by atoms with Crippen LogP contribution in [0.1, 0.15) is 35.4 Å². The number of fused-ring (bicyclic) bond motifs is 7. The van der Waals surface area contributed by atoms with Crippen molar-refractivity contribution in [2.75, 3.05) is 0 Å². The average Bonchev–Trinajstić information content (AvgIpc) is 3.23. The molecule has 1 aromatic heterocycles. The quantitative estimate of drug-likeness (QED) is 0.539. The molecule has 6 rings (SSSR count). The van der Waals surface area contributed by atoms with Gasteiger partial charge in [0.05, 0.1) is 0 Å². The largest absolute Gasteiger partial charge is 0.444 e. The van der Waals surface area contributed by atoms with Gasteiger partial charge in [-0.25, -0.2) is 9.37 Å². The zero-order valence-electron chi connectivity index (χ0n) is 15.7. The molecule has 0 amide bonds. The van der Waals surface area contributed by atoms with Gasteiger partial charge in [0.1, 0.15) is 34.3 Å². The van der Waals surface area contributed by atoms with Gasteiger partial charge in [0.2, 0.25) is 5.89 Å². The van der Waals surface area contributed by atoms with E-state index < -0.39 is 14.9 Å². The van der Waals surface area contributed by atoms with Crippen molar-refractivity contribution in [1.29, 1.82) is 0 Å². The molecule has 2 unspecified atom stereocenters. The molecule has 4 aromatic rings. The predicted molar refractivity (Wildman–Crippen MR) is 110 cm³/mol. The number of oxazole rings is 1. The van der Waals surface area contributed by atoms with Gasteiger partial charge in [0.15, 0.2) is 5.04 Å². The van der Waals surface area contributed by atoms with E-state index in [1.54, 1.807) is 12.1 Å². The summed E-state index contributed by atoms with van der Waals surface area (Å²) in [6, 6.07) is 20.8. The topological polar surface area (TPSA) is 46.3 Å². The van der Waals surface area contributed by atoms with Crippen LogP contribution in [-0.4, -0.2) is 18.9 Å². The fourth-order valence-corrected chi connectivity index (χ4v) is 8.75. The Kier molecular flexibility index (Phi) is 3.35. The first kappa shape index (κ1) is 16.9. The van der Waals surface area contributed by atoms with Crippen LogP contribution in [0.15, 0.2) is 77.4 Å². The lowest BCUT2D eigenvalue weighted by molar-refractivity contribution is 0.216. The predicted octanol–water partition coefficient (Wildman–Crippen LogP) is 3.34. The highest BCUT2D eigenvalue weighted by atomic mass is 28.3. The van der Waals surface area contributed by atoms with Crippen molar-refractivity contribution in [3.63, 3.8) is 0 Å². The number of benzene rings is 3. The lowest BCUT2D eigenvalue weighted by Crippen LogP contribution is -2.79. The third-order valence-electron chi connectivity index (χ3n) is 6.31. The summed E-state index contributed by atoms with van der Waals surface area (Å²) in [5.41, 5.74) is 4.82. The highest BCUT2D eigenvalue weighted by Gasteiger charge is 2.75. The Labute approximate surface area is 169 Å². The van der Waals surface area contributed by atoms with E-state index in [4.69, 9.17) is 4.42 Å². The van der Waals surface area contributed by atoms with Crippen molar-refractivity contribution >= 4 is 19.2 Å². The van der Waals surface area contributed by atoms with Crippen LogP contribution in [0.4, 0.5) is 4.39 Å². The molecule has 0 radical (unpaired) electrons. The molecule has 3 heterocycles. The van der Waals surface area contributed by atoms with Crippen LogP contribution in [0.25, 0.3) is 11.5 Å². The Morgan fingerprint density at radius 2 is 1.76 bits per heavy atom. The van der Waals surface area contributed by atoms with Gasteiger partial charge in [0, 0.05) is 22.3 Å². The second kappa shape index (κ2) is 5.75. The fraction of sp³-hybridized carbons (Fsp3) is 0.125. The first-order chi connectivity index (χ1) is 14.1. The summed E-state index contributed by atoms with van der Waals surface area (Å²) in [6.45, 7) is 2.32. The number of nitrogens with zero attached hydrogens (tertiary/aromatic N) is 1. The maximum Gasteiger partial charge on any atom is 0.408 e. The first-order valence-electron chi connectivity index (χ1n) is 9.59. The minimum absolute atomic E-state index is 0.134. The molecule has 2 aliphatic heterocycles. The Morgan fingerprint density at radius 1 is 1.00 bits per heavy atom. The maximum absolute atomic E-state index is 13.2. The van der Waals surface area contributed by atoms with Crippen LogP contribution < -0.4 is 10.4 Å². The summed E-state index contributed by atoms with van der Waals surface area (Å²) in [7, 11) is -0.893. The third kappa shape index (κ3) is 2.11. The highest BCUT2D eigenvalue weighted by molar-refractivity contribution is 6.97. The summed E-state index contributed by atoms with van der Waals surface area (Å²) in [6.07, 6.45) is 0.643. The van der Waals surface area contributed by atoms with Crippen LogP contribution in [0.2, 0.25) is 0 Å². The zero-order valence-corrected chi connectivity index (χ0v) is 16.7. The molecular weight excluding hydrogens is 381 g/mol. The van der Waals surface area contributed by atoms with Crippen molar-refractivity contribution in [3.8, 4) is 11.5 Å². The van der Waals surface area contributed by atoms with Gasteiger partial charge in [-0.2, -0.15) is 0 Å². The van der Waals surface area contributed by atoms with Crippen molar-refractivity contribution in [2.24, 2.45) is 0 Å². The van der Waals surface area contributed by atoms with Crippen LogP contribution >= 0.6 is 0 Å². The molecule has 0 saturated heterocycles. The highest BCUT2D eigenvalue weighted by Crippen LogP contribution is 2.48. The third-order valence-corrected chi connectivity index (χ3v) is 9.88. The van der Waals surface area contributed by atoms with E-state index in [0.717, 1.165) is 5.56 Å². The second-order valence-corrected chi connectivity index (χ2v) is 10.6. The maximum atomic E-state index is 13.2. The normalized spacial score (nSPS) is 19.5. The number of hydrogen-bond donors (Lipinski definition) is 1. The monoisotopic (exact) mass is 398 g/mol. The van der Waals surface area contributed by atoms with E-state index in [2.05, 4.69) is 42.2 Å². The Morgan fingerprint density at radius 3 is 2.59 bits per heavy atom. The molecule has 0 saturated carbocycles. The van der Waals surface area contributed by atoms with Gasteiger partial charge in [-0.3, -0.25) is 0 Å². The smallest absolute Gasteiger partial charge is 0.408 e. The molecule has 2 atom stereocenters. The number of aliphatic hydroxyl groups excluding tert-OH is 1. The molecular formula is C24H17FNO2Si+. The molecule has 0 spiro atoms. The minimum Gasteiger partial charge on any atom is -0.444 e. The van der Waals surface area contributed by atoms with E-state index in [9.17, 15) is 9.50 Å². The number of aliphatic hydroxyl groups is 1. The van der Waals surface area contributed by atoms with E-state index in [-0.39, 0.29) is 10.9 Å². The second-order valence-electron chi connectivity index (χ2n) is 7.80. The molecule has 1 N–H and O–H groups in total. The van der Waals surface area contributed by atoms with Gasteiger partial charge < -0.3 is 9.52 Å². The molecule has 140 valence electrons. The molecule has 0 fully saturated rings. The molecule has 3 nitrogen and oxygen atoms in total. The van der Waals surface area contributed by atoms with E-state index in [1.165, 1.54) is 39.9 Å². The molecule has 29 heavy (non-hydrogen) atoms. The first-order valence-corrected chi connectivity index (χ1v) is 11.1. The Hall–Kier alpha value is -3.02. The summed E-state index contributed by atoms with van der Waals surface area (Å²) >= 11 is 0. The Bertz CT molecular complexity index is 1270. The van der Waals surface area contributed by atoms with Crippen LogP contribution in [-0.2, 0) is 5.04 Å². The van der Waals surface area contributed by atoms with Gasteiger partial charge in [-0.05, 0) is 37.3 Å². The lowest BCUT2D eigenvalue weighted by Gasteiger charge is -2.45. The number of halogens is 1. The van der Waals surface area contributed by atoms with Crippen molar-refractivity contribution in [1.82, 2.24) is 4.98 Å². The van der Waals surface area contributed by atoms with Crippen molar-refractivity contribution in [3.05, 3.63) is 101 Å². The molecule has 0 aliphatic carbocycles. The molecule has 3 aromatic carbocycles. The van der Waals surface area contributed by atoms with Gasteiger partial charge in [-0.1, -0.05) is 36.4 Å². The number of aromatic nitrogens is 1. The fourth-order valence-electron chi connectivity index (χ4n) is 4.87. The number of rotatable bonds is 3. The summed E-state index contributed by atoms with van der Waals surface area (Å²) in [5.74, 6) is 0.0678. The molecule has 2 aliphatic rings. The Balaban J connectivity index is 1.39. The van der Waals surface area contributed by atoms with Crippen LogP contribution in [0, 0.1) is 5.82 Å². The van der Waals surface area contributed by atoms with Gasteiger partial charge in [-0.15, -0.1) is 0 Å². The summed E-state index contributed by atoms with van der Waals surface area (Å²) in [5, 5.41) is 14.0. The van der Waals surface area contributed by atoms with E-state index >= 15 is 0 Å². The summed E-state index contributed by atoms with van der Waals surface area (Å²) in [4.78, 5) is 4.48. The summed E-state index contributed by atoms with van der Waals surface area (Å²) < 4.78 is 18.7.